The van der Waals surface area contributed by atoms with Crippen LogP contribution in [0.5, 0.6) is 0 Å². The largest absolute Gasteiger partial charge is 0.284 e. The van der Waals surface area contributed by atoms with Crippen molar-refractivity contribution in [3.05, 3.63) is 27.7 Å². The van der Waals surface area contributed by atoms with Gasteiger partial charge in [-0.05, 0) is 55.9 Å². The Hall–Kier alpha value is -0.550. The summed E-state index contributed by atoms with van der Waals surface area (Å²) in [5, 5.41) is 0. The van der Waals surface area contributed by atoms with Gasteiger partial charge < -0.3 is 0 Å². The second-order valence-electron chi connectivity index (χ2n) is 4.75. The fourth-order valence-electron chi connectivity index (χ4n) is 1.82. The minimum absolute atomic E-state index is 0.251. The fourth-order valence-corrected chi connectivity index (χ4v) is 3.56. The Balaban J connectivity index is 2.17. The summed E-state index contributed by atoms with van der Waals surface area (Å²) in [6.07, 6.45) is 2.08. The molecule has 0 bridgehead atoms. The van der Waals surface area contributed by atoms with Gasteiger partial charge in [0.2, 0.25) is 10.0 Å². The van der Waals surface area contributed by atoms with Crippen LogP contribution in [0.25, 0.3) is 0 Å². The van der Waals surface area contributed by atoms with E-state index in [-0.39, 0.29) is 5.75 Å². The molecule has 1 aromatic rings. The van der Waals surface area contributed by atoms with E-state index >= 15 is 0 Å². The third-order valence-corrected chi connectivity index (χ3v) is 5.57. The van der Waals surface area contributed by atoms with E-state index in [1.54, 1.807) is 0 Å². The predicted molar refractivity (Wildman–Crippen MR) is 73.7 cm³/mol. The van der Waals surface area contributed by atoms with Gasteiger partial charge in [-0.2, -0.15) is 0 Å². The highest BCUT2D eigenvalue weighted by molar-refractivity contribution is 9.10. The summed E-state index contributed by atoms with van der Waals surface area (Å²) in [5.41, 5.74) is 2.73. The third kappa shape index (κ3) is 3.45. The van der Waals surface area contributed by atoms with Gasteiger partial charge in [-0.3, -0.25) is 4.72 Å². The highest BCUT2D eigenvalue weighted by Gasteiger charge is 2.28. The lowest BCUT2D eigenvalue weighted by Crippen LogP contribution is -2.18. The summed E-state index contributed by atoms with van der Waals surface area (Å²) in [4.78, 5) is 0. The van der Waals surface area contributed by atoms with Gasteiger partial charge in [-0.15, -0.1) is 0 Å². The molecule has 1 aliphatic rings. The minimum Gasteiger partial charge on any atom is -0.284 e. The van der Waals surface area contributed by atoms with E-state index in [0.29, 0.717) is 11.6 Å². The lowest BCUT2D eigenvalue weighted by Gasteiger charge is -2.11. The Bertz CT molecular complexity index is 512. The van der Waals surface area contributed by atoms with Crippen molar-refractivity contribution in [2.45, 2.75) is 26.7 Å². The second-order valence-corrected chi connectivity index (χ2v) is 7.31. The van der Waals surface area contributed by atoms with Crippen LogP contribution in [0.15, 0.2) is 16.6 Å². The first-order valence-electron chi connectivity index (χ1n) is 5.64. The molecule has 0 spiro atoms. The number of halogens is 1. The molecule has 5 heteroatoms. The summed E-state index contributed by atoms with van der Waals surface area (Å²) in [5.74, 6) is 0.617. The van der Waals surface area contributed by atoms with Crippen molar-refractivity contribution < 1.29 is 8.42 Å². The maximum atomic E-state index is 11.8. The fraction of sp³-hybridized carbons (Fsp3) is 0.500. The quantitative estimate of drug-likeness (QED) is 0.926. The molecule has 1 N–H and O–H groups in total. The molecule has 17 heavy (non-hydrogen) atoms. The first-order chi connectivity index (χ1) is 7.87. The molecule has 0 saturated heterocycles. The molecule has 0 heterocycles. The Morgan fingerprint density at radius 3 is 2.29 bits per heavy atom. The molecule has 0 aromatic heterocycles. The third-order valence-electron chi connectivity index (χ3n) is 2.86. The molecule has 1 aromatic carbocycles. The monoisotopic (exact) mass is 317 g/mol. The highest BCUT2D eigenvalue weighted by Crippen LogP contribution is 2.31. The van der Waals surface area contributed by atoms with Gasteiger partial charge in [0.15, 0.2) is 0 Å². The van der Waals surface area contributed by atoms with Gasteiger partial charge in [-0.25, -0.2) is 8.42 Å². The van der Waals surface area contributed by atoms with Crippen LogP contribution < -0.4 is 4.72 Å². The van der Waals surface area contributed by atoms with Crippen LogP contribution in [0.3, 0.4) is 0 Å². The Morgan fingerprint density at radius 2 is 1.82 bits per heavy atom. The summed E-state index contributed by atoms with van der Waals surface area (Å²) in [6.45, 7) is 3.91. The molecule has 1 saturated carbocycles. The van der Waals surface area contributed by atoms with E-state index in [1.807, 2.05) is 26.0 Å². The highest BCUT2D eigenvalue weighted by atomic mass is 79.9. The Morgan fingerprint density at radius 1 is 1.29 bits per heavy atom. The number of rotatable bonds is 4. The van der Waals surface area contributed by atoms with E-state index in [9.17, 15) is 8.42 Å². The number of nitrogens with one attached hydrogen (secondary N) is 1. The van der Waals surface area contributed by atoms with Crippen molar-refractivity contribution in [1.82, 2.24) is 0 Å². The SMILES string of the molecule is Cc1cc(NS(=O)(=O)CC2CC2)cc(C)c1Br. The lowest BCUT2D eigenvalue weighted by atomic mass is 10.1. The van der Waals surface area contributed by atoms with Crippen LogP contribution in [0, 0.1) is 19.8 Å². The molecule has 0 amide bonds. The Labute approximate surface area is 111 Å². The standard InChI is InChI=1S/C12H16BrNO2S/c1-8-5-11(6-9(2)12(8)13)14-17(15,16)7-10-3-4-10/h5-6,10,14H,3-4,7H2,1-2H3. The second kappa shape index (κ2) is 4.61. The first-order valence-corrected chi connectivity index (χ1v) is 8.09. The van der Waals surface area contributed by atoms with Crippen molar-refractivity contribution in [3.8, 4) is 0 Å². The molecule has 2 rings (SSSR count). The molecule has 1 aliphatic carbocycles. The molecular weight excluding hydrogens is 302 g/mol. The molecule has 1 fully saturated rings. The zero-order chi connectivity index (χ0) is 12.6. The maximum Gasteiger partial charge on any atom is 0.232 e. The molecule has 3 nitrogen and oxygen atoms in total. The van der Waals surface area contributed by atoms with Gasteiger partial charge >= 0.3 is 0 Å². The minimum atomic E-state index is -3.18. The van der Waals surface area contributed by atoms with Crippen LogP contribution >= 0.6 is 15.9 Å². The zero-order valence-electron chi connectivity index (χ0n) is 9.96. The van der Waals surface area contributed by atoms with Gasteiger partial charge in [0, 0.05) is 10.2 Å². The number of hydrogen-bond donors (Lipinski definition) is 1. The van der Waals surface area contributed by atoms with Crippen molar-refractivity contribution in [2.75, 3.05) is 10.5 Å². The van der Waals surface area contributed by atoms with Crippen LogP contribution in [-0.2, 0) is 10.0 Å². The normalized spacial score (nSPS) is 15.9. The van der Waals surface area contributed by atoms with Gasteiger partial charge in [-0.1, -0.05) is 15.9 Å². The van der Waals surface area contributed by atoms with E-state index in [4.69, 9.17) is 0 Å². The molecule has 94 valence electrons. The van der Waals surface area contributed by atoms with E-state index in [0.717, 1.165) is 28.4 Å². The number of hydrogen-bond acceptors (Lipinski definition) is 2. The molecular formula is C12H16BrNO2S. The first kappa shape index (κ1) is 12.9. The van der Waals surface area contributed by atoms with E-state index in [2.05, 4.69) is 20.7 Å². The molecule has 0 unspecified atom stereocenters. The van der Waals surface area contributed by atoms with Crippen LogP contribution in [0.4, 0.5) is 5.69 Å². The Kier molecular flexibility index (Phi) is 3.50. The lowest BCUT2D eigenvalue weighted by molar-refractivity contribution is 0.597. The maximum absolute atomic E-state index is 11.8. The van der Waals surface area contributed by atoms with Crippen LogP contribution in [-0.4, -0.2) is 14.2 Å². The topological polar surface area (TPSA) is 46.2 Å². The van der Waals surface area contributed by atoms with Gasteiger partial charge in [0.25, 0.3) is 0 Å². The van der Waals surface area contributed by atoms with Crippen LogP contribution in [0.2, 0.25) is 0 Å². The van der Waals surface area contributed by atoms with Gasteiger partial charge in [0.05, 0.1) is 5.75 Å². The van der Waals surface area contributed by atoms with Crippen molar-refractivity contribution in [3.63, 3.8) is 0 Å². The van der Waals surface area contributed by atoms with Crippen molar-refractivity contribution in [1.29, 1.82) is 0 Å². The summed E-state index contributed by atoms with van der Waals surface area (Å²) >= 11 is 3.47. The molecule has 0 atom stereocenters. The number of anilines is 1. The number of sulfonamides is 1. The smallest absolute Gasteiger partial charge is 0.232 e. The number of benzene rings is 1. The zero-order valence-corrected chi connectivity index (χ0v) is 12.4. The summed E-state index contributed by atoms with van der Waals surface area (Å²) in [7, 11) is -3.18. The predicted octanol–water partition coefficient (Wildman–Crippen LogP) is 3.22. The molecule has 0 radical (unpaired) electrons. The van der Waals surface area contributed by atoms with Gasteiger partial charge in [0.1, 0.15) is 0 Å². The average Bonchev–Trinajstić information content (AvgIpc) is 2.96. The van der Waals surface area contributed by atoms with Crippen molar-refractivity contribution >= 4 is 31.6 Å². The number of aryl methyl sites for hydroxylation is 2. The van der Waals surface area contributed by atoms with E-state index in [1.165, 1.54) is 0 Å². The van der Waals surface area contributed by atoms with Crippen molar-refractivity contribution in [2.24, 2.45) is 5.92 Å². The average molecular weight is 318 g/mol. The van der Waals surface area contributed by atoms with Crippen LogP contribution in [0.1, 0.15) is 24.0 Å². The molecule has 0 aliphatic heterocycles. The summed E-state index contributed by atoms with van der Waals surface area (Å²) in [6, 6.07) is 3.70. The summed E-state index contributed by atoms with van der Waals surface area (Å²) < 4.78 is 27.4. The van der Waals surface area contributed by atoms with E-state index < -0.39 is 10.0 Å².